The van der Waals surface area contributed by atoms with Crippen molar-refractivity contribution in [1.82, 2.24) is 0 Å². The summed E-state index contributed by atoms with van der Waals surface area (Å²) >= 11 is 0. The van der Waals surface area contributed by atoms with Gasteiger partial charge in [-0.05, 0) is 25.2 Å². The third-order valence-corrected chi connectivity index (χ3v) is 4.97. The Bertz CT molecular complexity index is 450. The van der Waals surface area contributed by atoms with Gasteiger partial charge in [0.05, 0.1) is 0 Å². The van der Waals surface area contributed by atoms with Crippen molar-refractivity contribution < 1.29 is 31.1 Å². The maximum atomic E-state index is 13.6. The first-order valence-electron chi connectivity index (χ1n) is 4.88. The number of ether oxygens (including phenoxy) is 1. The average molecular weight is 286 g/mol. The van der Waals surface area contributed by atoms with Gasteiger partial charge in [-0.3, -0.25) is 0 Å². The molecule has 2 nitrogen and oxygen atoms in total. The van der Waals surface area contributed by atoms with Gasteiger partial charge in [0.15, 0.2) is 17.4 Å². The summed E-state index contributed by atoms with van der Waals surface area (Å²) in [7, 11) is -2.51. The van der Waals surface area contributed by atoms with Gasteiger partial charge in [0.25, 0.3) is 0 Å². The fourth-order valence-electron chi connectivity index (χ4n) is 0.967. The van der Waals surface area contributed by atoms with Crippen molar-refractivity contribution in [3.63, 3.8) is 0 Å². The maximum Gasteiger partial charge on any atom is 0.395 e. The van der Waals surface area contributed by atoms with Gasteiger partial charge < -0.3 is 9.16 Å². The van der Waals surface area contributed by atoms with Crippen LogP contribution in [-0.4, -0.2) is 21.2 Å². The highest BCUT2D eigenvalue weighted by molar-refractivity contribution is 6.73. The van der Waals surface area contributed by atoms with Gasteiger partial charge in [-0.25, -0.2) is 8.78 Å². The van der Waals surface area contributed by atoms with Crippen molar-refractivity contribution in [3.8, 4) is 5.75 Å². The van der Waals surface area contributed by atoms with E-state index in [-0.39, 0.29) is 0 Å². The van der Waals surface area contributed by atoms with Crippen LogP contribution in [0.5, 0.6) is 5.75 Å². The van der Waals surface area contributed by atoms with Crippen LogP contribution >= 0.6 is 0 Å². The molecule has 0 unspecified atom stereocenters. The van der Waals surface area contributed by atoms with Gasteiger partial charge in [-0.1, -0.05) is 0 Å². The summed E-state index contributed by atoms with van der Waals surface area (Å²) in [5.74, 6) is -6.20. The first kappa shape index (κ1) is 14.9. The Balaban J connectivity index is 3.09. The van der Waals surface area contributed by atoms with Gasteiger partial charge in [0.2, 0.25) is 5.82 Å². The predicted octanol–water partition coefficient (Wildman–Crippen LogP) is 3.47. The van der Waals surface area contributed by atoms with Gasteiger partial charge in [-0.2, -0.15) is 13.2 Å². The first-order chi connectivity index (χ1) is 8.12. The minimum absolute atomic E-state index is 0.505. The molecule has 0 saturated heterocycles. The molecule has 0 saturated carbocycles. The lowest BCUT2D eigenvalue weighted by molar-refractivity contribution is -0.123. The molecule has 18 heavy (non-hydrogen) atoms. The summed E-state index contributed by atoms with van der Waals surface area (Å²) in [6, 6.07) is 1.10. The number of alkyl halides is 2. The van der Waals surface area contributed by atoms with Crippen LogP contribution in [0.2, 0.25) is 13.1 Å². The number of halogens is 5. The average Bonchev–Trinajstić information content (AvgIpc) is 2.29. The third-order valence-electron chi connectivity index (χ3n) is 2.45. The minimum atomic E-state index is -3.78. The number of rotatable bonds is 4. The molecule has 0 aliphatic rings. The Morgan fingerprint density at radius 3 is 2.11 bits per heavy atom. The highest BCUT2D eigenvalue weighted by atomic mass is 28.4. The minimum Gasteiger partial charge on any atom is -0.431 e. The van der Waals surface area contributed by atoms with Crippen LogP contribution in [0.25, 0.3) is 0 Å². The molecule has 0 N–H and O–H groups in total. The zero-order chi connectivity index (χ0) is 14.1. The van der Waals surface area contributed by atoms with E-state index in [1.54, 1.807) is 0 Å². The first-order valence-corrected chi connectivity index (χ1v) is 7.78. The van der Waals surface area contributed by atoms with Crippen molar-refractivity contribution in [2.75, 3.05) is 7.11 Å². The maximum absolute atomic E-state index is 13.6. The molecular formula is C10H11F5O2Si. The Kier molecular flexibility index (Phi) is 4.01. The smallest absolute Gasteiger partial charge is 0.395 e. The lowest BCUT2D eigenvalue weighted by atomic mass is 10.3. The number of hydrogen-bond donors (Lipinski definition) is 0. The quantitative estimate of drug-likeness (QED) is 0.479. The van der Waals surface area contributed by atoms with E-state index in [0.717, 1.165) is 20.2 Å². The number of hydrogen-bond acceptors (Lipinski definition) is 2. The van der Waals surface area contributed by atoms with E-state index < -0.39 is 37.3 Å². The molecule has 0 heterocycles. The van der Waals surface area contributed by atoms with E-state index in [4.69, 9.17) is 0 Å². The summed E-state index contributed by atoms with van der Waals surface area (Å²) in [4.78, 5) is 0. The molecule has 1 aromatic rings. The van der Waals surface area contributed by atoms with Crippen molar-refractivity contribution in [3.05, 3.63) is 29.6 Å². The summed E-state index contributed by atoms with van der Waals surface area (Å²) < 4.78 is 74.7. The van der Waals surface area contributed by atoms with Crippen molar-refractivity contribution >= 4 is 8.32 Å². The SMILES string of the molecule is CO[Si](C)(C)C(F)(F)Oc1ccc(F)c(F)c1F. The summed E-state index contributed by atoms with van der Waals surface area (Å²) in [5.41, 5.74) is -3.78. The van der Waals surface area contributed by atoms with E-state index in [1.165, 1.54) is 0 Å². The zero-order valence-corrected chi connectivity index (χ0v) is 10.9. The van der Waals surface area contributed by atoms with Crippen molar-refractivity contribution in [1.29, 1.82) is 0 Å². The molecule has 0 aliphatic heterocycles. The van der Waals surface area contributed by atoms with Gasteiger partial charge in [0.1, 0.15) is 0 Å². The van der Waals surface area contributed by atoms with Crippen molar-refractivity contribution in [2.45, 2.75) is 18.8 Å². The molecule has 0 amide bonds. The largest absolute Gasteiger partial charge is 0.431 e. The molecule has 0 radical (unpaired) electrons. The third kappa shape index (κ3) is 2.64. The second kappa shape index (κ2) is 4.85. The van der Waals surface area contributed by atoms with Gasteiger partial charge >= 0.3 is 14.0 Å². The molecule has 0 aromatic heterocycles. The molecule has 0 aliphatic carbocycles. The van der Waals surface area contributed by atoms with E-state index in [1.807, 2.05) is 0 Å². The van der Waals surface area contributed by atoms with Crippen LogP contribution in [0, 0.1) is 17.5 Å². The Hall–Kier alpha value is -1.15. The summed E-state index contributed by atoms with van der Waals surface area (Å²) in [5, 5.41) is 0. The van der Waals surface area contributed by atoms with E-state index >= 15 is 0 Å². The highest BCUT2D eigenvalue weighted by Gasteiger charge is 2.53. The molecule has 1 rings (SSSR count). The van der Waals surface area contributed by atoms with E-state index in [9.17, 15) is 22.0 Å². The Labute approximate surface area is 101 Å². The fraction of sp³-hybridized carbons (Fsp3) is 0.400. The zero-order valence-electron chi connectivity index (χ0n) is 9.86. The molecule has 0 fully saturated rings. The number of benzene rings is 1. The molecule has 1 aromatic carbocycles. The topological polar surface area (TPSA) is 18.5 Å². The molecule has 0 spiro atoms. The molecule has 0 atom stereocenters. The van der Waals surface area contributed by atoms with Gasteiger partial charge in [-0.15, -0.1) is 0 Å². The Morgan fingerprint density at radius 2 is 1.61 bits per heavy atom. The van der Waals surface area contributed by atoms with E-state index in [2.05, 4.69) is 9.16 Å². The van der Waals surface area contributed by atoms with Gasteiger partial charge in [0, 0.05) is 7.11 Å². The van der Waals surface area contributed by atoms with Crippen LogP contribution in [-0.2, 0) is 4.43 Å². The van der Waals surface area contributed by atoms with Crippen LogP contribution < -0.4 is 4.74 Å². The van der Waals surface area contributed by atoms with Crippen LogP contribution in [0.15, 0.2) is 12.1 Å². The van der Waals surface area contributed by atoms with E-state index in [0.29, 0.717) is 12.1 Å². The Morgan fingerprint density at radius 1 is 1.06 bits per heavy atom. The van der Waals surface area contributed by atoms with Crippen molar-refractivity contribution in [2.24, 2.45) is 0 Å². The van der Waals surface area contributed by atoms with Crippen LogP contribution in [0.3, 0.4) is 0 Å². The van der Waals surface area contributed by atoms with Crippen LogP contribution in [0.1, 0.15) is 0 Å². The molecule has 102 valence electrons. The molecule has 0 bridgehead atoms. The standard InChI is InChI=1S/C10H11F5O2Si/c1-16-18(2,3)10(14,15)17-7-5-4-6(11)8(12)9(7)13/h4-5H,1-3H3. The summed E-state index contributed by atoms with van der Waals surface area (Å²) in [6.07, 6.45) is 0. The fourth-order valence-corrected chi connectivity index (χ4v) is 1.56. The lowest BCUT2D eigenvalue weighted by Gasteiger charge is -2.29. The molecular weight excluding hydrogens is 275 g/mol. The summed E-state index contributed by atoms with van der Waals surface area (Å²) in [6.45, 7) is 2.29. The second-order valence-corrected chi connectivity index (χ2v) is 8.02. The normalized spacial score (nSPS) is 12.7. The molecule has 8 heteroatoms. The monoisotopic (exact) mass is 286 g/mol. The predicted molar refractivity (Wildman–Crippen MR) is 56.4 cm³/mol. The lowest BCUT2D eigenvalue weighted by Crippen LogP contribution is -2.53. The highest BCUT2D eigenvalue weighted by Crippen LogP contribution is 2.33. The van der Waals surface area contributed by atoms with Crippen LogP contribution in [0.4, 0.5) is 22.0 Å². The second-order valence-electron chi connectivity index (χ2n) is 4.01.